The van der Waals surface area contributed by atoms with Gasteiger partial charge in [-0.1, -0.05) is 30.3 Å². The highest BCUT2D eigenvalue weighted by atomic mass is 16.3. The molecule has 0 aliphatic heterocycles. The van der Waals surface area contributed by atoms with E-state index in [0.29, 0.717) is 12.1 Å². The van der Waals surface area contributed by atoms with Gasteiger partial charge in [0.2, 0.25) is 0 Å². The maximum atomic E-state index is 11.8. The van der Waals surface area contributed by atoms with E-state index in [1.54, 1.807) is 6.07 Å². The molecule has 4 heteroatoms. The first-order valence-corrected chi connectivity index (χ1v) is 6.98. The van der Waals surface area contributed by atoms with Gasteiger partial charge < -0.3 is 15.7 Å². The average Bonchev–Trinajstić information content (AvgIpc) is 2.52. The quantitative estimate of drug-likeness (QED) is 0.763. The molecule has 0 bridgehead atoms. The van der Waals surface area contributed by atoms with Gasteiger partial charge >= 0.3 is 0 Å². The first-order valence-electron chi connectivity index (χ1n) is 6.98. The minimum absolute atomic E-state index is 0.0586. The van der Waals surface area contributed by atoms with Gasteiger partial charge in [0.15, 0.2) is 0 Å². The van der Waals surface area contributed by atoms with Crippen LogP contribution in [-0.2, 0) is 6.54 Å². The van der Waals surface area contributed by atoms with E-state index in [4.69, 9.17) is 5.11 Å². The number of hydrogen-bond acceptors (Lipinski definition) is 3. The van der Waals surface area contributed by atoms with Crippen molar-refractivity contribution in [1.29, 1.82) is 0 Å². The van der Waals surface area contributed by atoms with Crippen LogP contribution >= 0.6 is 0 Å². The molecule has 0 saturated carbocycles. The molecule has 4 nitrogen and oxygen atoms in total. The van der Waals surface area contributed by atoms with Crippen molar-refractivity contribution in [3.8, 4) is 0 Å². The summed E-state index contributed by atoms with van der Waals surface area (Å²) in [6.45, 7) is 3.00. The largest absolute Gasteiger partial charge is 0.395 e. The molecule has 2 aromatic carbocycles. The molecule has 0 radical (unpaired) electrons. The number of nitrogens with one attached hydrogen (secondary N) is 2. The normalized spacial score (nSPS) is 10.2. The van der Waals surface area contributed by atoms with E-state index in [2.05, 4.69) is 29.7 Å². The predicted molar refractivity (Wildman–Crippen MR) is 84.4 cm³/mol. The highest BCUT2D eigenvalue weighted by Gasteiger charge is 2.05. The lowest BCUT2D eigenvalue weighted by Crippen LogP contribution is -2.26. The second-order valence-electron chi connectivity index (χ2n) is 4.84. The van der Waals surface area contributed by atoms with Crippen LogP contribution in [0.5, 0.6) is 0 Å². The van der Waals surface area contributed by atoms with E-state index in [1.165, 1.54) is 11.1 Å². The molecule has 0 unspecified atom stereocenters. The Labute approximate surface area is 124 Å². The third-order valence-corrected chi connectivity index (χ3v) is 3.27. The van der Waals surface area contributed by atoms with Crippen molar-refractivity contribution in [3.63, 3.8) is 0 Å². The lowest BCUT2D eigenvalue weighted by molar-refractivity contribution is 0.0945. The molecule has 0 heterocycles. The van der Waals surface area contributed by atoms with Crippen LogP contribution in [0.1, 0.15) is 21.5 Å². The summed E-state index contributed by atoms with van der Waals surface area (Å²) in [6, 6.07) is 15.5. The summed E-state index contributed by atoms with van der Waals surface area (Å²) in [6.07, 6.45) is 0. The first-order chi connectivity index (χ1) is 10.2. The molecule has 3 N–H and O–H groups in total. The Kier molecular flexibility index (Phi) is 5.35. The Morgan fingerprint density at radius 1 is 1.14 bits per heavy atom. The van der Waals surface area contributed by atoms with Gasteiger partial charge in [-0.25, -0.2) is 0 Å². The van der Waals surface area contributed by atoms with Gasteiger partial charge in [0.05, 0.1) is 6.61 Å². The topological polar surface area (TPSA) is 61.4 Å². The van der Waals surface area contributed by atoms with Crippen LogP contribution < -0.4 is 10.6 Å². The number of hydrogen-bond donors (Lipinski definition) is 3. The fraction of sp³-hybridized carbons (Fsp3) is 0.235. The molecule has 0 fully saturated rings. The van der Waals surface area contributed by atoms with Crippen molar-refractivity contribution in [2.45, 2.75) is 13.5 Å². The standard InChI is InChI=1S/C17H20N2O2/c1-13-5-2-3-6-15(13)12-19-16-8-4-7-14(11-16)17(21)18-9-10-20/h2-8,11,19-20H,9-10,12H2,1H3,(H,18,21). The summed E-state index contributed by atoms with van der Waals surface area (Å²) < 4.78 is 0. The zero-order valence-corrected chi connectivity index (χ0v) is 12.1. The zero-order chi connectivity index (χ0) is 15.1. The lowest BCUT2D eigenvalue weighted by atomic mass is 10.1. The molecule has 0 saturated heterocycles. The maximum absolute atomic E-state index is 11.8. The minimum Gasteiger partial charge on any atom is -0.395 e. The van der Waals surface area contributed by atoms with Gasteiger partial charge in [-0.2, -0.15) is 0 Å². The Morgan fingerprint density at radius 2 is 1.95 bits per heavy atom. The summed E-state index contributed by atoms with van der Waals surface area (Å²) in [7, 11) is 0. The summed E-state index contributed by atoms with van der Waals surface area (Å²) >= 11 is 0. The van der Waals surface area contributed by atoms with Crippen molar-refractivity contribution in [1.82, 2.24) is 5.32 Å². The van der Waals surface area contributed by atoms with Crippen molar-refractivity contribution >= 4 is 11.6 Å². The number of aliphatic hydroxyl groups excluding tert-OH is 1. The van der Waals surface area contributed by atoms with Gasteiger partial charge in [0, 0.05) is 24.3 Å². The van der Waals surface area contributed by atoms with E-state index in [-0.39, 0.29) is 19.1 Å². The van der Waals surface area contributed by atoms with Crippen molar-refractivity contribution in [2.75, 3.05) is 18.5 Å². The van der Waals surface area contributed by atoms with Crippen LogP contribution in [0.25, 0.3) is 0 Å². The molecule has 0 aliphatic rings. The van der Waals surface area contributed by atoms with Gasteiger partial charge in [0.1, 0.15) is 0 Å². The molecule has 2 rings (SSSR count). The van der Waals surface area contributed by atoms with Crippen LogP contribution in [0, 0.1) is 6.92 Å². The van der Waals surface area contributed by atoms with Crippen molar-refractivity contribution in [2.24, 2.45) is 0 Å². The van der Waals surface area contributed by atoms with Gasteiger partial charge in [-0.3, -0.25) is 4.79 Å². The second-order valence-corrected chi connectivity index (χ2v) is 4.84. The predicted octanol–water partition coefficient (Wildman–Crippen LogP) is 2.33. The second kappa shape index (κ2) is 7.45. The molecule has 21 heavy (non-hydrogen) atoms. The van der Waals surface area contributed by atoms with Crippen LogP contribution in [0.15, 0.2) is 48.5 Å². The molecule has 110 valence electrons. The highest BCUT2D eigenvalue weighted by molar-refractivity contribution is 5.95. The summed E-state index contributed by atoms with van der Waals surface area (Å²) in [5.74, 6) is -0.177. The number of aliphatic hydroxyl groups is 1. The average molecular weight is 284 g/mol. The van der Waals surface area contributed by atoms with Crippen molar-refractivity contribution < 1.29 is 9.90 Å². The lowest BCUT2D eigenvalue weighted by Gasteiger charge is -2.10. The molecule has 2 aromatic rings. The molecule has 0 aliphatic carbocycles. The van der Waals surface area contributed by atoms with E-state index < -0.39 is 0 Å². The number of amides is 1. The SMILES string of the molecule is Cc1ccccc1CNc1cccc(C(=O)NCCO)c1. The fourth-order valence-corrected chi connectivity index (χ4v) is 2.05. The zero-order valence-electron chi connectivity index (χ0n) is 12.1. The van der Waals surface area contributed by atoms with E-state index in [9.17, 15) is 4.79 Å². The number of rotatable bonds is 6. The number of benzene rings is 2. The number of aryl methyl sites for hydroxylation is 1. The number of carbonyl (C=O) groups excluding carboxylic acids is 1. The monoisotopic (exact) mass is 284 g/mol. The molecular formula is C17H20N2O2. The van der Waals surface area contributed by atoms with Crippen LogP contribution in [-0.4, -0.2) is 24.2 Å². The highest BCUT2D eigenvalue weighted by Crippen LogP contribution is 2.14. The van der Waals surface area contributed by atoms with E-state index in [1.807, 2.05) is 30.3 Å². The smallest absolute Gasteiger partial charge is 0.251 e. The Hall–Kier alpha value is -2.33. The van der Waals surface area contributed by atoms with Crippen LogP contribution in [0.3, 0.4) is 0 Å². The molecule has 0 spiro atoms. The van der Waals surface area contributed by atoms with Gasteiger partial charge in [-0.15, -0.1) is 0 Å². The Bertz CT molecular complexity index is 611. The molecule has 0 atom stereocenters. The number of anilines is 1. The van der Waals surface area contributed by atoms with Gasteiger partial charge in [-0.05, 0) is 36.2 Å². The van der Waals surface area contributed by atoms with Crippen molar-refractivity contribution in [3.05, 3.63) is 65.2 Å². The first kappa shape index (κ1) is 15.1. The Morgan fingerprint density at radius 3 is 2.71 bits per heavy atom. The summed E-state index contributed by atoms with van der Waals surface area (Å²) in [4.78, 5) is 11.8. The summed E-state index contributed by atoms with van der Waals surface area (Å²) in [5.41, 5.74) is 3.95. The maximum Gasteiger partial charge on any atom is 0.251 e. The van der Waals surface area contributed by atoms with E-state index >= 15 is 0 Å². The molecule has 1 amide bonds. The van der Waals surface area contributed by atoms with Crippen LogP contribution in [0.4, 0.5) is 5.69 Å². The Balaban J connectivity index is 2.01. The minimum atomic E-state index is -0.177. The fourth-order valence-electron chi connectivity index (χ4n) is 2.05. The van der Waals surface area contributed by atoms with Crippen LogP contribution in [0.2, 0.25) is 0 Å². The molecule has 0 aromatic heterocycles. The van der Waals surface area contributed by atoms with E-state index in [0.717, 1.165) is 5.69 Å². The third kappa shape index (κ3) is 4.33. The third-order valence-electron chi connectivity index (χ3n) is 3.27. The number of carbonyl (C=O) groups is 1. The van der Waals surface area contributed by atoms with Gasteiger partial charge in [0.25, 0.3) is 5.91 Å². The summed E-state index contributed by atoms with van der Waals surface area (Å²) in [5, 5.41) is 14.7. The molecular weight excluding hydrogens is 264 g/mol.